The second-order valence-corrected chi connectivity index (χ2v) is 31.9. The lowest BCUT2D eigenvalue weighted by Crippen LogP contribution is -2.53. The Labute approximate surface area is 759 Å². The zero-order valence-electron chi connectivity index (χ0n) is 71.2. The molecule has 0 aliphatic rings. The predicted octanol–water partition coefficient (Wildman–Crippen LogP) is 8.60. The van der Waals surface area contributed by atoms with Crippen LogP contribution < -0.4 is 63.9 Å². The van der Waals surface area contributed by atoms with Gasteiger partial charge < -0.3 is 4.74 Å². The van der Waals surface area contributed by atoms with Crippen LogP contribution >= 0.6 is 47.3 Å². The van der Waals surface area contributed by atoms with Gasteiger partial charge in [0.05, 0.1) is 69.2 Å². The van der Waals surface area contributed by atoms with Crippen LogP contribution in [0.3, 0.4) is 0 Å². The number of nitrogens with zero attached hydrogens (tertiary/aromatic N) is 14. The van der Waals surface area contributed by atoms with Crippen LogP contribution in [-0.2, 0) is 155 Å². The fraction of sp³-hybridized carbons (Fsp3) is 0.523. The molecule has 0 bridgehead atoms. The molecule has 14 heterocycles. The molecule has 0 aromatic carbocycles. The van der Waals surface area contributed by atoms with Crippen LogP contribution in [0.25, 0.3) is 0 Å². The van der Waals surface area contributed by atoms with E-state index in [1.807, 2.05) is 229 Å². The number of ether oxygens (including phenoxy) is 1. The number of nitrogens with one attached hydrogen (secondary N) is 14. The topological polar surface area (TPSA) is 323 Å². The normalized spacial score (nSPS) is 10.1. The summed E-state index contributed by atoms with van der Waals surface area (Å²) in [6.45, 7) is 17.3. The van der Waals surface area contributed by atoms with Gasteiger partial charge in [-0.25, -0.2) is 112 Å². The van der Waals surface area contributed by atoms with Gasteiger partial charge in [-0.1, -0.05) is 106 Å². The van der Waals surface area contributed by atoms with E-state index in [1.165, 1.54) is 81.0 Å². The lowest BCUT2D eigenvalue weighted by molar-refractivity contribution is -0.917. The maximum absolute atomic E-state index is 7.84. The van der Waals surface area contributed by atoms with Gasteiger partial charge in [0.15, 0.2) is 25.7 Å². The average molecular weight is 1810 g/mol. The van der Waals surface area contributed by atoms with Crippen molar-refractivity contribution in [2.45, 2.75) is 192 Å². The molecule has 0 amide bonds. The molecule has 0 fully saturated rings. The van der Waals surface area contributed by atoms with E-state index in [4.69, 9.17) is 9.99 Å². The lowest BCUT2D eigenvalue weighted by Gasteiger charge is -2.06. The van der Waals surface area contributed by atoms with E-state index in [-0.39, 0.29) is 59.4 Å². The molecule has 14 rings (SSSR count). The number of H-pyrrole nitrogens is 14. The van der Waals surface area contributed by atoms with E-state index in [9.17, 15) is 0 Å². The van der Waals surface area contributed by atoms with E-state index < -0.39 is 0 Å². The van der Waals surface area contributed by atoms with E-state index in [0.29, 0.717) is 5.92 Å². The second kappa shape index (κ2) is 65.8. The maximum Gasteiger partial charge on any atom is 0.266 e. The highest BCUT2D eigenvalue weighted by molar-refractivity contribution is 8.01. The Bertz CT molecular complexity index is 4180. The third-order valence-corrected chi connectivity index (χ3v) is 22.2. The minimum absolute atomic E-state index is 0. The van der Waals surface area contributed by atoms with Crippen molar-refractivity contribution in [1.29, 1.82) is 0 Å². The van der Waals surface area contributed by atoms with E-state index in [1.54, 1.807) is 0 Å². The quantitative estimate of drug-likeness (QED) is 0.00598. The SMILES string of the molecule is C.C.C.C.C.C.C.C.CC(C)COCCCSCCSOOO.CCc1c[nH]c[n+]1C[n+]1c[nH]cc1CC.CCc1c[nH]c[n+]1C[n+]1c[nH]cc1CC.CSCCc1[nH]cc[n+]1C[n+]1cc[nH]c1CCSC.C[n+]1cc[nH]c1Cc1[nH]cc[n+]1C.C[n+]1cc[nH]c1Cc1[nH]cc[n+]1C.C[n+]1cc[nH]c1Cc1[nH]cc[n+]1C.C[n+]1cc[nH]c1Cc1[nH]cc[n+]1C. The monoisotopic (exact) mass is 1810 g/mol. The van der Waals surface area contributed by atoms with Crippen LogP contribution in [0.1, 0.15) is 188 Å². The van der Waals surface area contributed by atoms with Gasteiger partial charge in [0, 0.05) is 74.0 Å². The van der Waals surface area contributed by atoms with Crippen molar-refractivity contribution in [3.05, 3.63) is 255 Å². The zero-order chi connectivity index (χ0) is 83.2. The fourth-order valence-corrected chi connectivity index (χ4v) is 14.2. The van der Waals surface area contributed by atoms with Crippen molar-refractivity contribution in [1.82, 2.24) is 69.8 Å². The van der Waals surface area contributed by atoms with Crippen molar-refractivity contribution in [3.8, 4) is 0 Å². The highest BCUT2D eigenvalue weighted by atomic mass is 32.2. The van der Waals surface area contributed by atoms with Crippen LogP contribution in [0.2, 0.25) is 0 Å². The summed E-state index contributed by atoms with van der Waals surface area (Å²) < 4.78 is 39.8. The Balaban J connectivity index is 0. The second-order valence-electron chi connectivity index (χ2n) is 27.9. The summed E-state index contributed by atoms with van der Waals surface area (Å²) in [5.74, 6) is 17.9. The van der Waals surface area contributed by atoms with Gasteiger partial charge in [-0.15, -0.1) is 4.33 Å². The summed E-state index contributed by atoms with van der Waals surface area (Å²) in [4.78, 5) is 44.8. The molecular formula is C88H166N28O4S4+14. The Morgan fingerprint density at radius 1 is 0.331 bits per heavy atom. The first-order chi connectivity index (χ1) is 56.4. The van der Waals surface area contributed by atoms with Crippen molar-refractivity contribution in [3.63, 3.8) is 0 Å². The van der Waals surface area contributed by atoms with E-state index >= 15 is 0 Å². The number of aryl methyl sites for hydroxylation is 14. The molecule has 14 aromatic heterocycles. The van der Waals surface area contributed by atoms with Crippen molar-refractivity contribution in [2.75, 3.05) is 54.5 Å². The van der Waals surface area contributed by atoms with Crippen LogP contribution in [0, 0.1) is 5.92 Å². The first kappa shape index (κ1) is 116. The van der Waals surface area contributed by atoms with Crippen LogP contribution in [0.5, 0.6) is 0 Å². The summed E-state index contributed by atoms with van der Waals surface area (Å²) in [7, 11) is 16.3. The third kappa shape index (κ3) is 40.0. The minimum atomic E-state index is 0. The van der Waals surface area contributed by atoms with Crippen LogP contribution in [-0.4, -0.2) is 130 Å². The van der Waals surface area contributed by atoms with Crippen LogP contribution in [0.15, 0.2) is 174 Å². The van der Waals surface area contributed by atoms with Gasteiger partial charge in [-0.2, -0.15) is 62.7 Å². The largest absolute Gasteiger partial charge is 0.381 e. The molecule has 15 N–H and O–H groups in total. The smallest absolute Gasteiger partial charge is 0.266 e. The number of imidazole rings is 14. The molecule has 0 saturated heterocycles. The molecule has 0 unspecified atom stereocenters. The Hall–Kier alpha value is -9.82. The summed E-state index contributed by atoms with van der Waals surface area (Å²) in [5.41, 5.74) is 5.30. The summed E-state index contributed by atoms with van der Waals surface area (Å²) >= 11 is 6.71. The summed E-state index contributed by atoms with van der Waals surface area (Å²) in [6.07, 6.45) is 71.5. The third-order valence-electron chi connectivity index (χ3n) is 19.1. The number of hydrogen-bond acceptors (Lipinski definition) is 8. The summed E-state index contributed by atoms with van der Waals surface area (Å²) in [5, 5.41) is 11.3. The van der Waals surface area contributed by atoms with Gasteiger partial charge in [0.1, 0.15) is 171 Å². The van der Waals surface area contributed by atoms with Gasteiger partial charge in [-0.05, 0) is 30.6 Å². The number of aromatic amines is 14. The van der Waals surface area contributed by atoms with Gasteiger partial charge in [-0.3, -0.25) is 0 Å². The molecule has 36 heteroatoms. The predicted molar refractivity (Wildman–Crippen MR) is 499 cm³/mol. The summed E-state index contributed by atoms with van der Waals surface area (Å²) in [6, 6.07) is 0. The van der Waals surface area contributed by atoms with Gasteiger partial charge in [0.25, 0.3) is 58.2 Å². The highest BCUT2D eigenvalue weighted by Gasteiger charge is 2.22. The minimum Gasteiger partial charge on any atom is -0.381 e. The molecule has 0 aliphatic carbocycles. The molecule has 0 saturated carbocycles. The highest BCUT2D eigenvalue weighted by Crippen LogP contribution is 2.10. The molecule has 0 aliphatic heterocycles. The standard InChI is InChI=1S/C13H20N4S2.2C11H16N4.4C9H12N4.C9H20O4S2.8CH4/c1-18-9-3-12-14-5-7-16(12)11-17-8-6-15-13(17)4-10-19-2;2*1-3-10-5-12-7-14(10)9-15-8-13-6-11(15)4-2;4*1-12-5-3-10-8(12)7-9-11-4-6-13(9)2;1-9(2)8-11-4-3-5-14-6-7-15-13-12-10;;;;;;;;/h5-8H,3-4,9-11H2,1-2H3;2*5-8H,3-4,9H2,1-2H3;4*3-6H,7H2,1-2H3;9-10H,3-8H2,1-2H3;8*1H4/p+14. The first-order valence-corrected chi connectivity index (χ1v) is 44.5. The average Bonchev–Trinajstić information content (AvgIpc) is 1.67. The van der Waals surface area contributed by atoms with Crippen molar-refractivity contribution in [2.24, 2.45) is 62.3 Å². The molecule has 124 heavy (non-hydrogen) atoms. The number of rotatable bonds is 35. The maximum atomic E-state index is 7.84. The van der Waals surface area contributed by atoms with E-state index in [0.717, 1.165) is 145 Å². The fourth-order valence-electron chi connectivity index (χ4n) is 12.1. The van der Waals surface area contributed by atoms with Crippen molar-refractivity contribution < 1.29 is 83.3 Å². The molecule has 0 spiro atoms. The molecule has 0 atom stereocenters. The molecular weight excluding hydrogens is 1640 g/mol. The van der Waals surface area contributed by atoms with Gasteiger partial charge >= 0.3 is 0 Å². The Kier molecular flexibility index (Phi) is 61.6. The molecule has 0 radical (unpaired) electrons. The molecule has 692 valence electrons. The number of aromatic nitrogens is 28. The number of hydrogen-bond donors (Lipinski definition) is 15. The molecule has 32 nitrogen and oxygen atoms in total. The Morgan fingerprint density at radius 3 is 0.806 bits per heavy atom. The lowest BCUT2D eigenvalue weighted by atomic mass is 10.2. The first-order valence-electron chi connectivity index (χ1n) is 39.6. The van der Waals surface area contributed by atoms with Crippen LogP contribution in [0.4, 0.5) is 0 Å². The number of thioether (sulfide) groups is 3. The van der Waals surface area contributed by atoms with Crippen molar-refractivity contribution >= 4 is 47.3 Å². The molecule has 14 aromatic rings. The van der Waals surface area contributed by atoms with Gasteiger partial charge in [0.2, 0.25) is 45.3 Å². The van der Waals surface area contributed by atoms with E-state index in [2.05, 4.69) is 234 Å². The zero-order valence-corrected chi connectivity index (χ0v) is 74.4. The Morgan fingerprint density at radius 2 is 0.581 bits per heavy atom.